The Labute approximate surface area is 390 Å². The zero-order chi connectivity index (χ0) is 43.6. The van der Waals surface area contributed by atoms with Gasteiger partial charge in [-0.15, -0.1) is 22.7 Å². The second-order valence-corrected chi connectivity index (χ2v) is 18.8. The Morgan fingerprint density at radius 1 is 0.273 bits per heavy atom. The van der Waals surface area contributed by atoms with Crippen LogP contribution in [-0.2, 0) is 0 Å². The number of hydrogen-bond donors (Lipinski definition) is 0. The predicted octanol–water partition coefficient (Wildman–Crippen LogP) is 18.0. The molecule has 3 heterocycles. The standard InChI is InChI=1S/C62H38N2S2/c1-3-18-39(19-4-1)43-25-9-10-28-48(43)58-49(45-29-15-23-40-22-7-8-24-42(40)45)37-36-44(41-20-5-2-6-21-41)59(58)62-63-54(52-32-16-30-50-46-26-11-13-34-56(46)65-60(50)52)38-55(64-62)53-33-17-31-51-47-27-12-14-35-57(47)66-61(51)53/h1-38H. The molecule has 0 N–H and O–H groups in total. The average Bonchev–Trinajstić information content (AvgIpc) is 3.97. The first kappa shape index (κ1) is 38.4. The lowest BCUT2D eigenvalue weighted by atomic mass is 9.82. The Kier molecular flexibility index (Phi) is 9.26. The third-order valence-electron chi connectivity index (χ3n) is 13.0. The molecular weight excluding hydrogens is 837 g/mol. The summed E-state index contributed by atoms with van der Waals surface area (Å²) in [6.07, 6.45) is 0. The minimum atomic E-state index is 0.678. The minimum absolute atomic E-state index is 0.678. The zero-order valence-corrected chi connectivity index (χ0v) is 37.3. The highest BCUT2D eigenvalue weighted by molar-refractivity contribution is 7.26. The molecule has 0 unspecified atom stereocenters. The molecule has 0 amide bonds. The van der Waals surface area contributed by atoms with E-state index in [-0.39, 0.29) is 0 Å². The summed E-state index contributed by atoms with van der Waals surface area (Å²) < 4.78 is 4.96. The van der Waals surface area contributed by atoms with Crippen molar-refractivity contribution in [3.8, 4) is 78.4 Å². The lowest BCUT2D eigenvalue weighted by Gasteiger charge is -2.23. The van der Waals surface area contributed by atoms with Crippen LogP contribution in [-0.4, -0.2) is 9.97 Å². The van der Waals surface area contributed by atoms with Crippen LogP contribution in [0.5, 0.6) is 0 Å². The van der Waals surface area contributed by atoms with E-state index >= 15 is 0 Å². The van der Waals surface area contributed by atoms with Gasteiger partial charge in [-0.2, -0.15) is 0 Å². The third kappa shape index (κ3) is 6.37. The molecule has 13 aromatic rings. The maximum Gasteiger partial charge on any atom is 0.161 e. The number of hydrogen-bond acceptors (Lipinski definition) is 4. The van der Waals surface area contributed by atoms with Crippen LogP contribution in [0.15, 0.2) is 231 Å². The van der Waals surface area contributed by atoms with Gasteiger partial charge < -0.3 is 0 Å². The molecule has 308 valence electrons. The maximum absolute atomic E-state index is 5.81. The van der Waals surface area contributed by atoms with E-state index in [9.17, 15) is 0 Å². The predicted molar refractivity (Wildman–Crippen MR) is 283 cm³/mol. The highest BCUT2D eigenvalue weighted by atomic mass is 32.1. The van der Waals surface area contributed by atoms with E-state index in [0.717, 1.165) is 72.6 Å². The van der Waals surface area contributed by atoms with Gasteiger partial charge in [0, 0.05) is 62.6 Å². The van der Waals surface area contributed by atoms with Crippen molar-refractivity contribution in [1.82, 2.24) is 9.97 Å². The molecule has 0 atom stereocenters. The molecule has 0 aliphatic heterocycles. The number of benzene rings is 10. The Hall–Kier alpha value is -8.02. The van der Waals surface area contributed by atoms with Gasteiger partial charge in [0.25, 0.3) is 0 Å². The molecule has 0 radical (unpaired) electrons. The Morgan fingerprint density at radius 3 is 1.35 bits per heavy atom. The zero-order valence-electron chi connectivity index (χ0n) is 35.7. The molecule has 0 spiro atoms. The average molecular weight is 875 g/mol. The first-order chi connectivity index (χ1) is 32.7. The summed E-state index contributed by atoms with van der Waals surface area (Å²) in [5, 5.41) is 7.39. The summed E-state index contributed by atoms with van der Waals surface area (Å²) in [7, 11) is 0. The lowest BCUT2D eigenvalue weighted by Crippen LogP contribution is -2.02. The van der Waals surface area contributed by atoms with E-state index < -0.39 is 0 Å². The molecule has 0 fully saturated rings. The molecule has 0 bridgehead atoms. The van der Waals surface area contributed by atoms with Crippen LogP contribution in [0.25, 0.3) is 130 Å². The van der Waals surface area contributed by atoms with Crippen molar-refractivity contribution in [2.45, 2.75) is 0 Å². The second kappa shape index (κ2) is 15.9. The monoisotopic (exact) mass is 874 g/mol. The van der Waals surface area contributed by atoms with Crippen LogP contribution in [0.4, 0.5) is 0 Å². The first-order valence-electron chi connectivity index (χ1n) is 22.3. The van der Waals surface area contributed by atoms with Gasteiger partial charge in [0.05, 0.1) is 11.4 Å². The van der Waals surface area contributed by atoms with Crippen LogP contribution in [0, 0.1) is 0 Å². The molecule has 4 heteroatoms. The summed E-state index contributed by atoms with van der Waals surface area (Å²) in [6, 6.07) is 83.4. The van der Waals surface area contributed by atoms with Crippen molar-refractivity contribution < 1.29 is 0 Å². The Balaban J connectivity index is 1.20. The molecule has 3 aromatic heterocycles. The topological polar surface area (TPSA) is 25.8 Å². The van der Waals surface area contributed by atoms with Crippen molar-refractivity contribution in [1.29, 1.82) is 0 Å². The smallest absolute Gasteiger partial charge is 0.161 e. The van der Waals surface area contributed by atoms with Crippen LogP contribution in [0.2, 0.25) is 0 Å². The molecule has 66 heavy (non-hydrogen) atoms. The van der Waals surface area contributed by atoms with Gasteiger partial charge in [0.2, 0.25) is 0 Å². The van der Waals surface area contributed by atoms with Crippen molar-refractivity contribution in [2.75, 3.05) is 0 Å². The van der Waals surface area contributed by atoms with Gasteiger partial charge in [-0.3, -0.25) is 0 Å². The highest BCUT2D eigenvalue weighted by Gasteiger charge is 2.26. The fraction of sp³-hybridized carbons (Fsp3) is 0. The van der Waals surface area contributed by atoms with E-state index in [0.29, 0.717) is 5.82 Å². The fourth-order valence-corrected chi connectivity index (χ4v) is 12.4. The fourth-order valence-electron chi connectivity index (χ4n) is 9.96. The molecule has 0 aliphatic rings. The van der Waals surface area contributed by atoms with Gasteiger partial charge in [0.15, 0.2) is 5.82 Å². The summed E-state index contributed by atoms with van der Waals surface area (Å²) in [5.74, 6) is 0.678. The first-order valence-corrected chi connectivity index (χ1v) is 23.9. The van der Waals surface area contributed by atoms with Gasteiger partial charge >= 0.3 is 0 Å². The Bertz CT molecular complexity index is 3860. The largest absolute Gasteiger partial charge is 0.228 e. The number of aromatic nitrogens is 2. The number of thiophene rings is 2. The lowest BCUT2D eigenvalue weighted by molar-refractivity contribution is 1.19. The van der Waals surface area contributed by atoms with E-state index in [2.05, 4.69) is 231 Å². The normalized spacial score (nSPS) is 11.6. The second-order valence-electron chi connectivity index (χ2n) is 16.7. The minimum Gasteiger partial charge on any atom is -0.228 e. The number of nitrogens with zero attached hydrogens (tertiary/aromatic N) is 2. The molecule has 0 aliphatic carbocycles. The van der Waals surface area contributed by atoms with Gasteiger partial charge in [0.1, 0.15) is 0 Å². The maximum atomic E-state index is 5.81. The van der Waals surface area contributed by atoms with E-state index in [1.165, 1.54) is 51.1 Å². The van der Waals surface area contributed by atoms with Crippen molar-refractivity contribution in [3.63, 3.8) is 0 Å². The van der Waals surface area contributed by atoms with Crippen molar-refractivity contribution in [2.24, 2.45) is 0 Å². The van der Waals surface area contributed by atoms with Crippen LogP contribution < -0.4 is 0 Å². The quantitative estimate of drug-likeness (QED) is 0.159. The molecule has 10 aromatic carbocycles. The van der Waals surface area contributed by atoms with Crippen LogP contribution >= 0.6 is 22.7 Å². The molecular formula is C62H38N2S2. The van der Waals surface area contributed by atoms with Crippen molar-refractivity contribution in [3.05, 3.63) is 231 Å². The van der Waals surface area contributed by atoms with Gasteiger partial charge in [-0.05, 0) is 67.9 Å². The third-order valence-corrected chi connectivity index (χ3v) is 15.4. The van der Waals surface area contributed by atoms with Gasteiger partial charge in [-0.1, -0.05) is 212 Å². The van der Waals surface area contributed by atoms with Crippen LogP contribution in [0.3, 0.4) is 0 Å². The SMILES string of the molecule is c1ccc(-c2ccccc2-c2c(-c3cccc4ccccc34)ccc(-c3ccccc3)c2-c2nc(-c3cccc4c3sc3ccccc34)cc(-c3cccc4c3sc3ccccc34)n2)cc1. The van der Waals surface area contributed by atoms with Crippen molar-refractivity contribution >= 4 is 73.8 Å². The summed E-state index contributed by atoms with van der Waals surface area (Å²) in [5.41, 5.74) is 13.9. The Morgan fingerprint density at radius 2 is 0.712 bits per heavy atom. The summed E-state index contributed by atoms with van der Waals surface area (Å²) in [6.45, 7) is 0. The summed E-state index contributed by atoms with van der Waals surface area (Å²) >= 11 is 3.67. The molecule has 0 saturated carbocycles. The number of fused-ring (bicyclic) bond motifs is 7. The summed E-state index contributed by atoms with van der Waals surface area (Å²) in [4.78, 5) is 11.6. The van der Waals surface area contributed by atoms with Gasteiger partial charge in [-0.25, -0.2) is 9.97 Å². The van der Waals surface area contributed by atoms with Crippen LogP contribution in [0.1, 0.15) is 0 Å². The van der Waals surface area contributed by atoms with E-state index in [4.69, 9.17) is 9.97 Å². The molecule has 2 nitrogen and oxygen atoms in total. The van der Waals surface area contributed by atoms with E-state index in [1.807, 2.05) is 22.7 Å². The molecule has 0 saturated heterocycles. The molecule has 13 rings (SSSR count). The number of rotatable bonds is 7. The highest BCUT2D eigenvalue weighted by Crippen LogP contribution is 2.50. The van der Waals surface area contributed by atoms with E-state index in [1.54, 1.807) is 0 Å².